The molecule has 84 heavy (non-hydrogen) atoms. The molecule has 2 aliphatic rings. The number of nitrogens with one attached hydrogen (secondary N) is 1. The summed E-state index contributed by atoms with van der Waals surface area (Å²) in [5, 5.41) is 86.9. The molecule has 0 saturated carbocycles. The fraction of sp³-hybridized carbons (Fsp3) is 0.843. The van der Waals surface area contributed by atoms with E-state index >= 15 is 0 Å². The molecule has 2 saturated heterocycles. The third kappa shape index (κ3) is 38.9. The molecule has 2 heterocycles. The van der Waals surface area contributed by atoms with Gasteiger partial charge in [0.05, 0.1) is 32.0 Å². The maximum absolute atomic E-state index is 13.2. The van der Waals surface area contributed by atoms with E-state index in [2.05, 4.69) is 67.8 Å². The Morgan fingerprint density at radius 3 is 1.27 bits per heavy atom. The van der Waals surface area contributed by atoms with Gasteiger partial charge in [0.25, 0.3) is 0 Å². The van der Waals surface area contributed by atoms with E-state index in [0.717, 1.165) is 51.4 Å². The standard InChI is InChI=1S/C70H127NO13/c1-3-5-7-9-11-13-14-15-16-17-18-19-20-21-22-23-24-25-26-27-28-29-30-31-32-33-34-35-36-37-38-39-40-41-42-43-44-46-48-50-52-54-62(75)71-58(59(74)53-51-49-47-45-12-10-8-6-4-2)57-81-69-67(80)65(78)68(61(56-73)83-69)84-70-66(79)64(77)63(76)60(55-72)82-70/h12,14-15,17-18,20-21,45,51,53,58-61,63-70,72-74,76-80H,3-11,13,16,19,22-44,46-50,52,54-57H2,1-2H3,(H,71,75)/b15-14-,18-17-,21-20-,45-12+,53-51+. The Kier molecular flexibility index (Phi) is 50.8. The van der Waals surface area contributed by atoms with Crippen LogP contribution in [0, 0.1) is 0 Å². The summed E-state index contributed by atoms with van der Waals surface area (Å²) in [5.74, 6) is -0.249. The summed E-state index contributed by atoms with van der Waals surface area (Å²) >= 11 is 0. The van der Waals surface area contributed by atoms with E-state index in [1.54, 1.807) is 6.08 Å². The molecule has 0 aromatic rings. The Bertz CT molecular complexity index is 1640. The number of amides is 1. The van der Waals surface area contributed by atoms with Crippen molar-refractivity contribution in [3.63, 3.8) is 0 Å². The molecule has 12 unspecified atom stereocenters. The van der Waals surface area contributed by atoms with E-state index in [1.807, 2.05) is 6.08 Å². The predicted molar refractivity (Wildman–Crippen MR) is 341 cm³/mol. The van der Waals surface area contributed by atoms with Crippen LogP contribution in [0.4, 0.5) is 0 Å². The SMILES string of the molecule is CCCCC/C=C/CC/C=C/C(O)C(COC1OC(CO)C(OC2OC(CO)C(O)C(O)C2O)C(O)C1O)NC(=O)CCCCCCCCCCCCCCCCCCCCCCCCCCCC/C=C\C/C=C\C/C=C\CCCCCCC. The van der Waals surface area contributed by atoms with Crippen molar-refractivity contribution in [2.24, 2.45) is 0 Å². The molecular formula is C70H127NO13. The van der Waals surface area contributed by atoms with Gasteiger partial charge in [-0.05, 0) is 70.6 Å². The van der Waals surface area contributed by atoms with Gasteiger partial charge in [-0.15, -0.1) is 0 Å². The average molecular weight is 1190 g/mol. The molecule has 0 spiro atoms. The van der Waals surface area contributed by atoms with Crippen LogP contribution >= 0.6 is 0 Å². The van der Waals surface area contributed by atoms with Crippen LogP contribution < -0.4 is 5.32 Å². The maximum atomic E-state index is 13.2. The van der Waals surface area contributed by atoms with Crippen LogP contribution in [0.15, 0.2) is 60.8 Å². The zero-order valence-electron chi connectivity index (χ0n) is 53.1. The van der Waals surface area contributed by atoms with Gasteiger partial charge in [-0.1, -0.05) is 267 Å². The lowest BCUT2D eigenvalue weighted by Gasteiger charge is -2.46. The molecule has 14 nitrogen and oxygen atoms in total. The highest BCUT2D eigenvalue weighted by atomic mass is 16.7. The maximum Gasteiger partial charge on any atom is 0.220 e. The van der Waals surface area contributed by atoms with Gasteiger partial charge in [0.2, 0.25) is 5.91 Å². The molecule has 490 valence electrons. The number of aliphatic hydroxyl groups is 8. The first kappa shape index (κ1) is 77.8. The minimum atomic E-state index is -1.79. The summed E-state index contributed by atoms with van der Waals surface area (Å²) in [5.41, 5.74) is 0. The van der Waals surface area contributed by atoms with Gasteiger partial charge in [-0.3, -0.25) is 4.79 Å². The quantitative estimate of drug-likeness (QED) is 0.0204. The van der Waals surface area contributed by atoms with E-state index in [0.29, 0.717) is 12.8 Å². The molecular weight excluding hydrogens is 1060 g/mol. The van der Waals surface area contributed by atoms with Gasteiger partial charge in [-0.25, -0.2) is 0 Å². The van der Waals surface area contributed by atoms with Crippen LogP contribution in [0.1, 0.15) is 284 Å². The van der Waals surface area contributed by atoms with Gasteiger partial charge < -0.3 is 65.1 Å². The molecule has 9 N–H and O–H groups in total. The molecule has 12 atom stereocenters. The highest BCUT2D eigenvalue weighted by Crippen LogP contribution is 2.30. The highest BCUT2D eigenvalue weighted by molar-refractivity contribution is 5.76. The van der Waals surface area contributed by atoms with Crippen molar-refractivity contribution in [2.45, 2.75) is 357 Å². The van der Waals surface area contributed by atoms with Gasteiger partial charge in [0, 0.05) is 6.42 Å². The molecule has 14 heteroatoms. The number of ether oxygens (including phenoxy) is 4. The number of rotatable bonds is 56. The van der Waals surface area contributed by atoms with Crippen LogP contribution in [-0.4, -0.2) is 140 Å². The normalized spacial score (nSPS) is 24.0. The van der Waals surface area contributed by atoms with E-state index in [9.17, 15) is 45.6 Å². The summed E-state index contributed by atoms with van der Waals surface area (Å²) in [6.07, 6.45) is 56.3. The Balaban J connectivity index is 1.50. The van der Waals surface area contributed by atoms with Crippen molar-refractivity contribution in [3.8, 4) is 0 Å². The van der Waals surface area contributed by atoms with Gasteiger partial charge in [-0.2, -0.15) is 0 Å². The number of hydrogen-bond donors (Lipinski definition) is 9. The minimum Gasteiger partial charge on any atom is -0.394 e. The van der Waals surface area contributed by atoms with Crippen molar-refractivity contribution in [2.75, 3.05) is 19.8 Å². The molecule has 0 aliphatic carbocycles. The van der Waals surface area contributed by atoms with Gasteiger partial charge >= 0.3 is 0 Å². The average Bonchev–Trinajstić information content (AvgIpc) is 2.95. The number of hydrogen-bond acceptors (Lipinski definition) is 13. The number of allylic oxidation sites excluding steroid dienone is 9. The van der Waals surface area contributed by atoms with E-state index in [4.69, 9.17) is 18.9 Å². The number of carbonyl (C=O) groups is 1. The van der Waals surface area contributed by atoms with E-state index < -0.39 is 86.8 Å². The van der Waals surface area contributed by atoms with Crippen LogP contribution in [0.25, 0.3) is 0 Å². The number of carbonyl (C=O) groups excluding carboxylic acids is 1. The second kappa shape index (κ2) is 54.8. The Hall–Kier alpha value is -2.31. The second-order valence-electron chi connectivity index (χ2n) is 24.3. The first-order valence-electron chi connectivity index (χ1n) is 34.5. The lowest BCUT2D eigenvalue weighted by atomic mass is 9.97. The Labute approximate surface area is 511 Å². The van der Waals surface area contributed by atoms with Crippen molar-refractivity contribution in [1.29, 1.82) is 0 Å². The largest absolute Gasteiger partial charge is 0.394 e. The number of unbranched alkanes of at least 4 members (excludes halogenated alkanes) is 35. The van der Waals surface area contributed by atoms with E-state index in [-0.39, 0.29) is 18.9 Å². The summed E-state index contributed by atoms with van der Waals surface area (Å²) in [6.45, 7) is 2.72. The van der Waals surface area contributed by atoms with Crippen molar-refractivity contribution < 1.29 is 64.6 Å². The molecule has 0 bridgehead atoms. The Morgan fingerprint density at radius 1 is 0.429 bits per heavy atom. The molecule has 0 aromatic carbocycles. The first-order valence-corrected chi connectivity index (χ1v) is 34.5. The summed E-state index contributed by atoms with van der Waals surface area (Å²) in [6, 6.07) is -0.929. The summed E-state index contributed by atoms with van der Waals surface area (Å²) in [4.78, 5) is 13.2. The zero-order chi connectivity index (χ0) is 60.9. The second-order valence-corrected chi connectivity index (χ2v) is 24.3. The van der Waals surface area contributed by atoms with Crippen molar-refractivity contribution in [3.05, 3.63) is 60.8 Å². The minimum absolute atomic E-state index is 0.249. The van der Waals surface area contributed by atoms with Crippen LogP contribution in [0.5, 0.6) is 0 Å². The monoisotopic (exact) mass is 1190 g/mol. The molecule has 2 fully saturated rings. The van der Waals surface area contributed by atoms with Crippen molar-refractivity contribution in [1.82, 2.24) is 5.32 Å². The fourth-order valence-electron chi connectivity index (χ4n) is 11.1. The third-order valence-electron chi connectivity index (χ3n) is 16.7. The van der Waals surface area contributed by atoms with Gasteiger partial charge in [0.1, 0.15) is 48.8 Å². The molecule has 1 amide bonds. The first-order chi connectivity index (χ1) is 41.1. The van der Waals surface area contributed by atoms with Gasteiger partial charge in [0.15, 0.2) is 12.6 Å². The summed E-state index contributed by atoms with van der Waals surface area (Å²) < 4.78 is 22.7. The highest BCUT2D eigenvalue weighted by Gasteiger charge is 2.51. The topological polar surface area (TPSA) is 228 Å². The van der Waals surface area contributed by atoms with Crippen LogP contribution in [0.2, 0.25) is 0 Å². The van der Waals surface area contributed by atoms with Crippen LogP contribution in [-0.2, 0) is 23.7 Å². The predicted octanol–water partition coefficient (Wildman–Crippen LogP) is 13.7. The molecule has 0 aromatic heterocycles. The number of aliphatic hydroxyl groups excluding tert-OH is 8. The van der Waals surface area contributed by atoms with Crippen molar-refractivity contribution >= 4 is 5.91 Å². The molecule has 2 rings (SSSR count). The fourth-order valence-corrected chi connectivity index (χ4v) is 11.1. The zero-order valence-corrected chi connectivity index (χ0v) is 53.1. The lowest BCUT2D eigenvalue weighted by Crippen LogP contribution is -2.65. The summed E-state index contributed by atoms with van der Waals surface area (Å²) in [7, 11) is 0. The third-order valence-corrected chi connectivity index (χ3v) is 16.7. The van der Waals surface area contributed by atoms with E-state index in [1.165, 1.54) is 199 Å². The molecule has 2 aliphatic heterocycles. The van der Waals surface area contributed by atoms with Crippen LogP contribution in [0.3, 0.4) is 0 Å². The smallest absolute Gasteiger partial charge is 0.220 e. The molecule has 0 radical (unpaired) electrons. The Morgan fingerprint density at radius 2 is 0.798 bits per heavy atom. The lowest BCUT2D eigenvalue weighted by molar-refractivity contribution is -0.359.